The molecule has 1 aromatic heterocycles. The third-order valence-electron chi connectivity index (χ3n) is 7.67. The number of hydrogen-bond acceptors (Lipinski definition) is 5. The number of ether oxygens (including phenoxy) is 1. The van der Waals surface area contributed by atoms with Gasteiger partial charge in [-0.1, -0.05) is 24.5 Å². The highest BCUT2D eigenvalue weighted by Gasteiger charge is 2.57. The number of amides is 1. The number of hydrogen-bond donors (Lipinski definition) is 2. The average molecular weight is 460 g/mol. The predicted molar refractivity (Wildman–Crippen MR) is 124 cm³/mol. The Balaban J connectivity index is 1.67. The molecular weight excluding hydrogens is 426 g/mol. The van der Waals surface area contributed by atoms with Crippen LogP contribution >= 0.6 is 11.3 Å². The summed E-state index contributed by atoms with van der Waals surface area (Å²) in [5.74, 6) is -2.40. The van der Waals surface area contributed by atoms with Gasteiger partial charge in [0.05, 0.1) is 24.0 Å². The fourth-order valence-corrected chi connectivity index (χ4v) is 7.66. The Morgan fingerprint density at radius 1 is 1.09 bits per heavy atom. The average Bonchev–Trinajstić information content (AvgIpc) is 3.42. The lowest BCUT2D eigenvalue weighted by Gasteiger charge is -2.26. The molecule has 2 fully saturated rings. The van der Waals surface area contributed by atoms with Gasteiger partial charge in [0.25, 0.3) is 0 Å². The zero-order valence-corrected chi connectivity index (χ0v) is 20.1. The normalized spacial score (nSPS) is 28.4. The molecule has 7 heteroatoms. The molecule has 1 aromatic rings. The number of rotatable bonds is 6. The van der Waals surface area contributed by atoms with Crippen molar-refractivity contribution in [3.05, 3.63) is 27.2 Å². The summed E-state index contributed by atoms with van der Waals surface area (Å²) in [6.45, 7) is 8.24. The molecular formula is C25H33NO5S. The van der Waals surface area contributed by atoms with E-state index in [0.717, 1.165) is 60.1 Å². The minimum absolute atomic E-state index is 0.0313. The van der Waals surface area contributed by atoms with Crippen molar-refractivity contribution < 1.29 is 24.2 Å². The van der Waals surface area contributed by atoms with Crippen LogP contribution in [0.15, 0.2) is 11.1 Å². The lowest BCUT2D eigenvalue weighted by atomic mass is 9.78. The van der Waals surface area contributed by atoms with Crippen LogP contribution in [0, 0.1) is 29.6 Å². The predicted octanol–water partition coefficient (Wildman–Crippen LogP) is 5.07. The van der Waals surface area contributed by atoms with E-state index in [4.69, 9.17) is 4.74 Å². The molecule has 3 aliphatic rings. The number of aliphatic carboxylic acids is 1. The Morgan fingerprint density at radius 3 is 2.38 bits per heavy atom. The second-order valence-electron chi connectivity index (χ2n) is 9.57. The van der Waals surface area contributed by atoms with Crippen LogP contribution in [-0.4, -0.2) is 29.6 Å². The maximum Gasteiger partial charge on any atom is 0.341 e. The smallest absolute Gasteiger partial charge is 0.341 e. The fourth-order valence-electron chi connectivity index (χ4n) is 6.31. The molecule has 6 nitrogen and oxygen atoms in total. The number of anilines is 1. The molecule has 2 saturated carbocycles. The maximum atomic E-state index is 13.5. The molecule has 1 amide bonds. The van der Waals surface area contributed by atoms with E-state index < -0.39 is 23.8 Å². The van der Waals surface area contributed by atoms with Crippen molar-refractivity contribution in [3.8, 4) is 0 Å². The van der Waals surface area contributed by atoms with Crippen LogP contribution in [0.25, 0.3) is 0 Å². The molecule has 0 aromatic carbocycles. The summed E-state index contributed by atoms with van der Waals surface area (Å²) in [6.07, 6.45) is 5.50. The summed E-state index contributed by atoms with van der Waals surface area (Å²) in [6, 6.07) is 0. The number of fused-ring (bicyclic) bond motifs is 3. The Kier molecular flexibility index (Phi) is 6.48. The second-order valence-corrected chi connectivity index (χ2v) is 10.7. The first-order valence-corrected chi connectivity index (χ1v) is 12.6. The largest absolute Gasteiger partial charge is 0.481 e. The molecule has 0 spiro atoms. The number of nitrogens with one attached hydrogen (secondary N) is 1. The maximum absolute atomic E-state index is 13.5. The minimum Gasteiger partial charge on any atom is -0.481 e. The number of thiophene rings is 1. The highest BCUT2D eigenvalue weighted by Crippen LogP contribution is 2.57. The summed E-state index contributed by atoms with van der Waals surface area (Å²) >= 11 is 1.47. The molecule has 2 N–H and O–H groups in total. The van der Waals surface area contributed by atoms with Crippen LogP contribution in [0.1, 0.15) is 74.2 Å². The van der Waals surface area contributed by atoms with Crippen molar-refractivity contribution in [1.82, 2.24) is 0 Å². The van der Waals surface area contributed by atoms with Crippen LogP contribution in [0.3, 0.4) is 0 Å². The third kappa shape index (κ3) is 3.78. The summed E-state index contributed by atoms with van der Waals surface area (Å²) in [5.41, 5.74) is 3.76. The van der Waals surface area contributed by atoms with Gasteiger partial charge in [0.2, 0.25) is 5.91 Å². The Labute approximate surface area is 193 Å². The van der Waals surface area contributed by atoms with Gasteiger partial charge in [-0.15, -0.1) is 11.3 Å². The first-order chi connectivity index (χ1) is 15.3. The number of esters is 1. The SMILES string of the molecule is CCOC(=O)c1c(NC(=O)C2C3CCC(C3=C(C)C)C2C(=O)O)sc2c1CCC(CC)C2. The van der Waals surface area contributed by atoms with Gasteiger partial charge in [0.1, 0.15) is 5.00 Å². The van der Waals surface area contributed by atoms with Crippen LogP contribution < -0.4 is 5.32 Å². The Morgan fingerprint density at radius 2 is 1.78 bits per heavy atom. The van der Waals surface area contributed by atoms with E-state index >= 15 is 0 Å². The van der Waals surface area contributed by atoms with Crippen molar-refractivity contribution in [3.63, 3.8) is 0 Å². The fraction of sp³-hybridized carbons (Fsp3) is 0.640. The van der Waals surface area contributed by atoms with E-state index in [-0.39, 0.29) is 24.3 Å². The number of allylic oxidation sites excluding steroid dienone is 2. The number of carbonyl (C=O) groups excluding carboxylic acids is 2. The standard InChI is InChI=1S/C25H33NO5S/c1-5-13-7-8-14-17(11-13)32-23(21(14)25(30)31-6-2)26-22(27)19-15-9-10-16(18(15)12(3)4)20(19)24(28)29/h13,15-16,19-20H,5-11H2,1-4H3,(H,26,27)(H,28,29). The van der Waals surface area contributed by atoms with E-state index in [0.29, 0.717) is 16.5 Å². The highest BCUT2D eigenvalue weighted by atomic mass is 32.1. The van der Waals surface area contributed by atoms with E-state index in [1.807, 2.05) is 13.8 Å². The van der Waals surface area contributed by atoms with Crippen LogP contribution in [0.5, 0.6) is 0 Å². The molecule has 174 valence electrons. The van der Waals surface area contributed by atoms with Crippen molar-refractivity contribution >= 4 is 34.2 Å². The molecule has 32 heavy (non-hydrogen) atoms. The topological polar surface area (TPSA) is 92.7 Å². The zero-order chi connectivity index (χ0) is 23.2. The van der Waals surface area contributed by atoms with Gasteiger partial charge >= 0.3 is 11.9 Å². The van der Waals surface area contributed by atoms with Crippen molar-refractivity contribution in [1.29, 1.82) is 0 Å². The molecule has 2 bridgehead atoms. The quantitative estimate of drug-likeness (QED) is 0.458. The first kappa shape index (κ1) is 23.0. The Bertz CT molecular complexity index is 973. The van der Waals surface area contributed by atoms with E-state index in [1.165, 1.54) is 11.3 Å². The van der Waals surface area contributed by atoms with Gasteiger partial charge in [-0.25, -0.2) is 4.79 Å². The van der Waals surface area contributed by atoms with Crippen molar-refractivity contribution in [2.45, 2.75) is 66.2 Å². The van der Waals surface area contributed by atoms with Gasteiger partial charge in [-0.3, -0.25) is 9.59 Å². The lowest BCUT2D eigenvalue weighted by Crippen LogP contribution is -2.38. The number of carbonyl (C=O) groups is 3. The molecule has 5 unspecified atom stereocenters. The zero-order valence-electron chi connectivity index (χ0n) is 19.3. The summed E-state index contributed by atoms with van der Waals surface area (Å²) in [7, 11) is 0. The highest BCUT2D eigenvalue weighted by molar-refractivity contribution is 7.17. The number of carboxylic acids is 1. The molecule has 3 aliphatic carbocycles. The lowest BCUT2D eigenvalue weighted by molar-refractivity contribution is -0.148. The van der Waals surface area contributed by atoms with E-state index in [1.54, 1.807) is 6.92 Å². The van der Waals surface area contributed by atoms with E-state index in [2.05, 4.69) is 12.2 Å². The van der Waals surface area contributed by atoms with Gasteiger partial charge in [0, 0.05) is 4.88 Å². The van der Waals surface area contributed by atoms with Crippen LogP contribution in [-0.2, 0) is 27.2 Å². The molecule has 4 rings (SSSR count). The number of carboxylic acid groups (broad SMARTS) is 1. The summed E-state index contributed by atoms with van der Waals surface area (Å²) < 4.78 is 5.33. The third-order valence-corrected chi connectivity index (χ3v) is 8.84. The summed E-state index contributed by atoms with van der Waals surface area (Å²) in [5, 5.41) is 13.5. The van der Waals surface area contributed by atoms with Gasteiger partial charge in [0.15, 0.2) is 0 Å². The van der Waals surface area contributed by atoms with Gasteiger partial charge in [-0.2, -0.15) is 0 Å². The van der Waals surface area contributed by atoms with Crippen molar-refractivity contribution in [2.75, 3.05) is 11.9 Å². The molecule has 0 aliphatic heterocycles. The van der Waals surface area contributed by atoms with E-state index in [9.17, 15) is 19.5 Å². The monoisotopic (exact) mass is 459 g/mol. The molecule has 1 heterocycles. The first-order valence-electron chi connectivity index (χ1n) is 11.8. The van der Waals surface area contributed by atoms with Gasteiger partial charge in [-0.05, 0) is 76.2 Å². The summed E-state index contributed by atoms with van der Waals surface area (Å²) in [4.78, 5) is 39.6. The Hall–Kier alpha value is -2.15. The van der Waals surface area contributed by atoms with Crippen molar-refractivity contribution in [2.24, 2.45) is 29.6 Å². The van der Waals surface area contributed by atoms with Crippen LogP contribution in [0.4, 0.5) is 5.00 Å². The minimum atomic E-state index is -0.905. The molecule has 0 radical (unpaired) electrons. The molecule has 0 saturated heterocycles. The molecule has 5 atom stereocenters. The van der Waals surface area contributed by atoms with Crippen LogP contribution in [0.2, 0.25) is 0 Å². The van der Waals surface area contributed by atoms with Gasteiger partial charge < -0.3 is 15.2 Å². The second kappa shape index (κ2) is 9.00.